The predicted octanol–water partition coefficient (Wildman–Crippen LogP) is 17.3. The molecular formula is C75H114BClN14O8Si4W2-2. The first-order valence-corrected chi connectivity index (χ1v) is 51.2. The number of rotatable bonds is 28. The van der Waals surface area contributed by atoms with Crippen LogP contribution >= 0.6 is 11.6 Å². The molecule has 105 heavy (non-hydrogen) atoms. The quantitative estimate of drug-likeness (QED) is 0.0202. The van der Waals surface area contributed by atoms with Crippen molar-refractivity contribution in [2.75, 3.05) is 45.7 Å². The molecule has 12 rings (SSSR count). The third-order valence-corrected chi connectivity index (χ3v) is 24.2. The van der Waals surface area contributed by atoms with Crippen LogP contribution in [-0.4, -0.2) is 165 Å². The van der Waals surface area contributed by atoms with Gasteiger partial charge in [-0.2, -0.15) is 15.3 Å². The van der Waals surface area contributed by atoms with Gasteiger partial charge in [0.1, 0.15) is 50.0 Å². The second-order valence-corrected chi connectivity index (χ2v) is 53.9. The molecule has 0 radical (unpaired) electrons. The molecule has 0 spiro atoms. The molecular weight excluding hydrogens is 1750 g/mol. The summed E-state index contributed by atoms with van der Waals surface area (Å²) >= 11 is 5.32. The van der Waals surface area contributed by atoms with E-state index in [0.717, 1.165) is 98.3 Å². The van der Waals surface area contributed by atoms with Crippen LogP contribution in [-0.2, 0) is 100 Å². The van der Waals surface area contributed by atoms with E-state index in [4.69, 9.17) is 49.3 Å². The van der Waals surface area contributed by atoms with E-state index in [1.165, 1.54) is 24.2 Å². The largest absolute Gasteiger partial charge is 0.498 e. The number of aromatic nitrogens is 14. The van der Waals surface area contributed by atoms with Crippen LogP contribution in [0, 0.1) is 12.1 Å². The van der Waals surface area contributed by atoms with E-state index < -0.39 is 32.3 Å². The Kier molecular flexibility index (Phi) is 36.6. The summed E-state index contributed by atoms with van der Waals surface area (Å²) in [7, 11) is -4.34. The predicted molar refractivity (Wildman–Crippen MR) is 430 cm³/mol. The average molecular weight is 1870 g/mol. The van der Waals surface area contributed by atoms with Crippen LogP contribution in [0.2, 0.25) is 103 Å². The fraction of sp³-hybridized carbons (Fsp3) is 0.507. The summed E-state index contributed by atoms with van der Waals surface area (Å²) in [4.78, 5) is 20.4. The van der Waals surface area contributed by atoms with Crippen molar-refractivity contribution in [1.29, 1.82) is 0 Å². The maximum atomic E-state index is 5.99. The summed E-state index contributed by atoms with van der Waals surface area (Å²) in [5.74, 6) is 0. The van der Waals surface area contributed by atoms with Crippen LogP contribution in [0.4, 0.5) is 0 Å². The molecule has 0 bridgehead atoms. The molecule has 12 heterocycles. The molecule has 22 nitrogen and oxygen atoms in total. The van der Waals surface area contributed by atoms with Crippen molar-refractivity contribution in [3.05, 3.63) is 147 Å². The molecule has 2 unspecified atom stereocenters. The number of ether oxygens (including phenoxy) is 6. The second kappa shape index (κ2) is 42.6. The number of halogens is 1. The van der Waals surface area contributed by atoms with Crippen LogP contribution in [0.1, 0.15) is 67.8 Å². The first kappa shape index (κ1) is 90.3. The van der Waals surface area contributed by atoms with E-state index in [1.807, 2.05) is 163 Å². The van der Waals surface area contributed by atoms with Crippen LogP contribution in [0.15, 0.2) is 135 Å². The Morgan fingerprint density at radius 2 is 0.981 bits per heavy atom. The number of nitrogens with one attached hydrogen (secondary N) is 2. The van der Waals surface area contributed by atoms with Crippen molar-refractivity contribution in [2.45, 2.75) is 202 Å². The molecule has 0 aromatic carbocycles. The van der Waals surface area contributed by atoms with E-state index in [-0.39, 0.29) is 72.9 Å². The fourth-order valence-corrected chi connectivity index (χ4v) is 13.3. The summed E-state index contributed by atoms with van der Waals surface area (Å²) in [6.45, 7) is 50.6. The van der Waals surface area contributed by atoms with Crippen molar-refractivity contribution in [3.63, 3.8) is 0 Å². The van der Waals surface area contributed by atoms with Crippen molar-refractivity contribution in [2.24, 2.45) is 0 Å². The standard InChI is InChI=1S/C20H30N4O2Si.C16H22N4OSi.C13H23BN2O3.C13H19N2OSi.C7H5N2.C6H15ClOSi.2W/c1-6-26-16(2)24-14-17(13-22-24)18-7-9-21-20-19(18)8-10-23(20)15-25-11-12-27(3,4)5;1-22(2,3)9-8-21-12-20-7-5-15-14(4-6-17-16(15)20)13-10-18-19-11-13;1-7-17-10(2)16-9-11(8-15-16)14-18-12(3,4)13(5,6)19-14;1-17(2,3)10-9-16-11-15-8-6-12-5-4-7-14-13(12)15;1-2-6-3-5-9-7(6)8-4-1;1-9(2,3)5-4-8-6-7;;/h7-10,13-14,16H,6,11-12,15H2,1-5H3;4-7,10-11H,8-9,12H2,1-3H3,(H,18,19);8-10H,7H2,1-6H3;4,6-8H,9-11H2,1-3H3;1,3-5H,(H,8,9);4-6H2,1-3H3;;/q;;;2*-1;;;. The Hall–Kier alpha value is -5.33. The molecule has 2 N–H and O–H groups in total. The molecule has 0 amide bonds. The molecule has 11 aromatic heterocycles. The first-order chi connectivity index (χ1) is 48.8. The summed E-state index contributed by atoms with van der Waals surface area (Å²) < 4.78 is 55.3. The number of aromatic amines is 2. The van der Waals surface area contributed by atoms with E-state index >= 15 is 0 Å². The number of fused-ring (bicyclic) bond motifs is 4. The molecule has 1 aliphatic heterocycles. The minimum atomic E-state index is -1.07. The summed E-state index contributed by atoms with van der Waals surface area (Å²) in [5.41, 5.74) is 8.39. The minimum absolute atomic E-state index is 0. The molecule has 0 saturated carbocycles. The van der Waals surface area contributed by atoms with Crippen LogP contribution in [0.25, 0.3) is 66.4 Å². The number of hydrogen-bond donors (Lipinski definition) is 2. The number of hydrogen-bond acceptors (Lipinski definition) is 15. The van der Waals surface area contributed by atoms with Gasteiger partial charge in [-0.1, -0.05) is 103 Å². The van der Waals surface area contributed by atoms with Gasteiger partial charge in [-0.15, -0.1) is 47.2 Å². The second-order valence-electron chi connectivity index (χ2n) is 31.2. The summed E-state index contributed by atoms with van der Waals surface area (Å²) in [5, 5.41) is 20.0. The van der Waals surface area contributed by atoms with Gasteiger partial charge in [0.2, 0.25) is 0 Å². The van der Waals surface area contributed by atoms with E-state index in [0.29, 0.717) is 39.5 Å². The maximum Gasteiger partial charge on any atom is 0.498 e. The van der Waals surface area contributed by atoms with Gasteiger partial charge in [-0.3, -0.25) is 5.10 Å². The van der Waals surface area contributed by atoms with Gasteiger partial charge in [-0.05, 0) is 127 Å². The van der Waals surface area contributed by atoms with E-state index in [9.17, 15) is 0 Å². The molecule has 572 valence electrons. The van der Waals surface area contributed by atoms with Gasteiger partial charge in [0.15, 0.2) is 0 Å². The smallest absolute Gasteiger partial charge is 0.399 e. The van der Waals surface area contributed by atoms with Gasteiger partial charge < -0.3 is 66.4 Å². The first-order valence-electron chi connectivity index (χ1n) is 35.8. The molecule has 30 heteroatoms. The average Bonchev–Trinajstić information content (AvgIpc) is 1.64. The third-order valence-electron chi connectivity index (χ3n) is 17.2. The van der Waals surface area contributed by atoms with Crippen LogP contribution in [0.3, 0.4) is 0 Å². The number of pyridine rings is 4. The van der Waals surface area contributed by atoms with Gasteiger partial charge >= 0.3 is 7.12 Å². The molecule has 1 fully saturated rings. The maximum absolute atomic E-state index is 5.99. The number of alkyl halides is 1. The Morgan fingerprint density at radius 1 is 0.533 bits per heavy atom. The molecule has 2 atom stereocenters. The fourth-order valence-electron chi connectivity index (χ4n) is 10.2. The third kappa shape index (κ3) is 29.2. The van der Waals surface area contributed by atoms with Crippen molar-refractivity contribution >= 4 is 101 Å². The van der Waals surface area contributed by atoms with Gasteiger partial charge in [0, 0.05) is 202 Å². The van der Waals surface area contributed by atoms with Gasteiger partial charge in [0.05, 0.1) is 23.6 Å². The Labute approximate surface area is 661 Å². The van der Waals surface area contributed by atoms with Crippen molar-refractivity contribution < 1.29 is 79.9 Å². The zero-order valence-corrected chi connectivity index (χ0v) is 76.3. The van der Waals surface area contributed by atoms with Crippen LogP contribution in [0.5, 0.6) is 0 Å². The topological polar surface area (TPSA) is 220 Å². The molecule has 0 aliphatic carbocycles. The van der Waals surface area contributed by atoms with Crippen LogP contribution < -0.4 is 5.46 Å². The zero-order chi connectivity index (χ0) is 75.0. The number of nitrogens with zero attached hydrogens (tertiary/aromatic N) is 12. The van der Waals surface area contributed by atoms with Gasteiger partial charge in [0.25, 0.3) is 0 Å². The van der Waals surface area contributed by atoms with Gasteiger partial charge in [-0.25, -0.2) is 19.3 Å². The monoisotopic (exact) mass is 1860 g/mol. The Balaban J connectivity index is 0.000000234. The molecule has 1 aliphatic rings. The van der Waals surface area contributed by atoms with E-state index in [2.05, 4.69) is 157 Å². The normalized spacial score (nSPS) is 14.0. The Bertz CT molecular complexity index is 4210. The minimum Gasteiger partial charge on any atom is -0.399 e. The number of H-pyrrole nitrogens is 2. The summed E-state index contributed by atoms with van der Waals surface area (Å²) in [6, 6.07) is 27.1. The zero-order valence-electron chi connectivity index (χ0n) is 65.7. The van der Waals surface area contributed by atoms with Crippen molar-refractivity contribution in [1.82, 2.24) is 68.4 Å². The SMILES string of the molecule is CCOC(C)n1cc(-c2ccnc3c2ccn3COCC[Si](C)(C)C)cn1.CCOC(C)n1cc(B2OC(C)(C)C(C)(C)O2)cn1.C[Si](C)(C)CCOCCl.C[Si](C)(C)CCOCn1ccc2[c-]ccnc21.C[Si](C)(C)CCOCn1ccc2c(-c3cn[nH]c3)ccnc21.[W].[W].[c-]1ccnc2[nH]ccc12. The molecule has 1 saturated heterocycles. The van der Waals surface area contributed by atoms with Crippen molar-refractivity contribution in [3.8, 4) is 22.3 Å². The summed E-state index contributed by atoms with van der Waals surface area (Å²) in [6.07, 6.45) is 26.3. The Morgan fingerprint density at radius 3 is 1.46 bits per heavy atom. The van der Waals surface area contributed by atoms with E-state index in [1.54, 1.807) is 29.3 Å². The molecule has 11 aromatic rings.